The molecule has 2 aliphatic heterocycles. The first-order valence-corrected chi connectivity index (χ1v) is 19.6. The minimum Gasteiger partial charge on any atom is -0.387 e. The molecule has 3 aromatic heterocycles. The Bertz CT molecular complexity index is 2020. The topological polar surface area (TPSA) is 425 Å². The Morgan fingerprint density at radius 1 is 0.725 bits per heavy atom. The molecule has 0 aromatic carbocycles. The molecular weight excluding hydrogens is 784 g/mol. The number of phosphoric acid groups is 4. The Balaban J connectivity index is 1.13. The molecule has 0 saturated carbocycles. The number of phosphoric ester groups is 2. The third-order valence-corrected chi connectivity index (χ3v) is 12.8. The third kappa shape index (κ3) is 9.12. The van der Waals surface area contributed by atoms with Crippen LogP contribution >= 0.6 is 31.3 Å². The zero-order valence-corrected chi connectivity index (χ0v) is 28.5. The fourth-order valence-corrected chi connectivity index (χ4v) is 9.62. The lowest BCUT2D eigenvalue weighted by Gasteiger charge is -2.21. The maximum atomic E-state index is 12.4. The first-order valence-electron chi connectivity index (χ1n) is 13.6. The van der Waals surface area contributed by atoms with E-state index < -0.39 is 99.3 Å². The quantitative estimate of drug-likeness (QED) is 0.0724. The van der Waals surface area contributed by atoms with Crippen molar-refractivity contribution in [2.24, 2.45) is 0 Å². The van der Waals surface area contributed by atoms with Gasteiger partial charge in [-0.3, -0.25) is 18.2 Å². The highest BCUT2D eigenvalue weighted by Gasteiger charge is 2.50. The van der Waals surface area contributed by atoms with Gasteiger partial charge in [-0.15, -0.1) is 0 Å². The van der Waals surface area contributed by atoms with E-state index in [-0.39, 0.29) is 22.8 Å². The summed E-state index contributed by atoms with van der Waals surface area (Å²) in [6.07, 6.45) is -10.3. The Morgan fingerprint density at radius 3 is 1.73 bits per heavy atom. The monoisotopic (exact) mass is 812 g/mol. The second-order valence-electron chi connectivity index (χ2n) is 10.4. The number of aromatic nitrogens is 6. The van der Waals surface area contributed by atoms with Crippen LogP contribution in [0.3, 0.4) is 0 Å². The number of hydrogen-bond acceptors (Lipinski definition) is 22. The van der Waals surface area contributed by atoms with Crippen molar-refractivity contribution >= 4 is 54.1 Å². The van der Waals surface area contributed by atoms with Gasteiger partial charge in [0.25, 0.3) is 0 Å². The Hall–Kier alpha value is -2.65. The van der Waals surface area contributed by atoms with Crippen LogP contribution in [0.25, 0.3) is 11.2 Å². The Kier molecular flexibility index (Phi) is 11.4. The number of hydrogen-bond donors (Lipinski definition) is 10. The zero-order chi connectivity index (χ0) is 37.7. The molecule has 4 unspecified atom stereocenters. The van der Waals surface area contributed by atoms with E-state index in [0.29, 0.717) is 0 Å². The summed E-state index contributed by atoms with van der Waals surface area (Å²) in [5, 5.41) is 41.3. The van der Waals surface area contributed by atoms with Crippen LogP contribution in [0.15, 0.2) is 29.7 Å². The number of nitrogens with zero attached hydrogens (tertiary/aromatic N) is 6. The van der Waals surface area contributed by atoms with Gasteiger partial charge in [-0.25, -0.2) is 38.0 Å². The molecule has 2 fully saturated rings. The molecule has 5 rings (SSSR count). The molecule has 12 atom stereocenters. The van der Waals surface area contributed by atoms with Gasteiger partial charge in [0, 0.05) is 6.20 Å². The predicted molar refractivity (Wildman–Crippen MR) is 159 cm³/mol. The summed E-state index contributed by atoms with van der Waals surface area (Å²) in [6, 6.07) is 1.15. The fourth-order valence-electron chi connectivity index (χ4n) is 4.67. The minimum atomic E-state index is -6.21. The van der Waals surface area contributed by atoms with Gasteiger partial charge in [0.05, 0.1) is 19.5 Å². The highest BCUT2D eigenvalue weighted by Crippen LogP contribution is 2.71. The number of fused-ring (bicyclic) bond motifs is 1. The molecule has 0 spiro atoms. The van der Waals surface area contributed by atoms with E-state index in [0.717, 1.165) is 34.1 Å². The van der Waals surface area contributed by atoms with Gasteiger partial charge < -0.3 is 60.9 Å². The minimum absolute atomic E-state index is 0.0192. The molecule has 51 heavy (non-hydrogen) atoms. The largest absolute Gasteiger partial charge is 0.490 e. The van der Waals surface area contributed by atoms with Crippen molar-refractivity contribution < 1.29 is 89.7 Å². The summed E-state index contributed by atoms with van der Waals surface area (Å²) >= 11 is 0. The standard InChI is InChI=1S/C19H28N8O20P4/c20-9-1-2-26(19(32)25-9)17-13(30)11(28)7(43-17)3-41-48(33,34)45-50(37,38)47-51(39,40)46-49(35,36)42-4-8-12(29)14(31)18(44-8)27-6-24-10-15(21)22-5-23-16(10)27/h1-2,5-8,11-14,17-18,28-31H,3-4H2,(H,33,34)(H,35,36)(H,37,38)(H,39,40)(H2,20,25,32)(H2,21,22,23)/t7-,8-,11+,12+,13+,14+,17-,18-/m1/s1. The molecule has 0 aliphatic carbocycles. The number of aliphatic hydroxyl groups is 4. The number of rotatable bonds is 14. The predicted octanol–water partition coefficient (Wildman–Crippen LogP) is -3.03. The van der Waals surface area contributed by atoms with Crippen molar-refractivity contribution in [2.45, 2.75) is 49.1 Å². The molecule has 28 nitrogen and oxygen atoms in total. The van der Waals surface area contributed by atoms with Crippen LogP contribution < -0.4 is 17.2 Å². The van der Waals surface area contributed by atoms with E-state index in [2.05, 4.69) is 41.9 Å². The molecule has 0 radical (unpaired) electrons. The van der Waals surface area contributed by atoms with Crippen LogP contribution in [0.1, 0.15) is 12.5 Å². The molecule has 2 aliphatic rings. The summed E-state index contributed by atoms with van der Waals surface area (Å²) in [5.41, 5.74) is 10.3. The van der Waals surface area contributed by atoms with E-state index >= 15 is 0 Å². The van der Waals surface area contributed by atoms with Crippen LogP contribution in [0.5, 0.6) is 0 Å². The molecule has 0 amide bonds. The Labute approximate surface area is 282 Å². The second kappa shape index (κ2) is 14.6. The third-order valence-electron chi connectivity index (χ3n) is 6.88. The smallest absolute Gasteiger partial charge is 0.387 e. The van der Waals surface area contributed by atoms with Crippen molar-refractivity contribution in [1.82, 2.24) is 29.1 Å². The average molecular weight is 812 g/mol. The van der Waals surface area contributed by atoms with Gasteiger partial charge in [0.15, 0.2) is 23.9 Å². The lowest BCUT2D eigenvalue weighted by molar-refractivity contribution is -0.0541. The van der Waals surface area contributed by atoms with Crippen molar-refractivity contribution in [2.75, 3.05) is 24.7 Å². The number of nitrogen functional groups attached to an aromatic ring is 2. The van der Waals surface area contributed by atoms with Gasteiger partial charge in [-0.2, -0.15) is 17.9 Å². The zero-order valence-electron chi connectivity index (χ0n) is 24.9. The van der Waals surface area contributed by atoms with Gasteiger partial charge in [0.2, 0.25) is 0 Å². The van der Waals surface area contributed by atoms with Crippen LogP contribution in [0.4, 0.5) is 11.6 Å². The van der Waals surface area contributed by atoms with Gasteiger partial charge in [0.1, 0.15) is 54.3 Å². The number of aliphatic hydroxyl groups excluding tert-OH is 4. The Morgan fingerprint density at radius 2 is 1.22 bits per heavy atom. The van der Waals surface area contributed by atoms with Crippen molar-refractivity contribution in [3.63, 3.8) is 0 Å². The normalized spacial score (nSPS) is 31.5. The summed E-state index contributed by atoms with van der Waals surface area (Å²) in [6.45, 7) is -2.29. The van der Waals surface area contributed by atoms with E-state index in [1.165, 1.54) is 0 Å². The molecule has 12 N–H and O–H groups in total. The summed E-state index contributed by atoms with van der Waals surface area (Å²) in [7, 11) is -24.0. The number of imidazole rings is 1. The fraction of sp³-hybridized carbons (Fsp3) is 0.526. The van der Waals surface area contributed by atoms with Crippen LogP contribution in [0.2, 0.25) is 0 Å². The van der Waals surface area contributed by atoms with E-state index in [1.807, 2.05) is 0 Å². The first kappa shape index (κ1) is 39.6. The first-order chi connectivity index (χ1) is 23.6. The van der Waals surface area contributed by atoms with Crippen molar-refractivity contribution in [1.29, 1.82) is 0 Å². The van der Waals surface area contributed by atoms with Gasteiger partial charge in [-0.05, 0) is 6.07 Å². The molecule has 5 heterocycles. The van der Waals surface area contributed by atoms with Crippen molar-refractivity contribution in [3.8, 4) is 0 Å². The van der Waals surface area contributed by atoms with Crippen LogP contribution in [-0.2, 0) is 49.7 Å². The lowest BCUT2D eigenvalue weighted by Crippen LogP contribution is -2.36. The maximum Gasteiger partial charge on any atom is 0.490 e. The van der Waals surface area contributed by atoms with Crippen LogP contribution in [-0.4, -0.2) is 119 Å². The highest BCUT2D eigenvalue weighted by molar-refractivity contribution is 7.69. The van der Waals surface area contributed by atoms with E-state index in [9.17, 15) is 63.1 Å². The maximum absolute atomic E-state index is 12.4. The average Bonchev–Trinajstić information content (AvgIpc) is 3.64. The molecule has 284 valence electrons. The SMILES string of the molecule is Nc1ccn([C@@H]2O[C@H](COP(=O)(O)OP(=O)(O)OP(=O)(O)OP(=O)(O)OC[C@H]3O[C@@H](n4cnc5c(N)ncnc54)[C@@H](O)[C@H]3O)[C@H](O)[C@@H]2O)c(=O)n1. The molecule has 32 heteroatoms. The molecule has 3 aromatic rings. The second-order valence-corrected chi connectivity index (χ2v) is 16.7. The van der Waals surface area contributed by atoms with E-state index in [4.69, 9.17) is 20.9 Å². The number of nitrogens with two attached hydrogens (primary N) is 2. The summed E-state index contributed by atoms with van der Waals surface area (Å²) in [5.74, 6) is -0.198. The van der Waals surface area contributed by atoms with Crippen LogP contribution in [0, 0.1) is 0 Å². The summed E-state index contributed by atoms with van der Waals surface area (Å²) in [4.78, 5) is 66.5. The van der Waals surface area contributed by atoms with Crippen molar-refractivity contribution in [3.05, 3.63) is 35.4 Å². The van der Waals surface area contributed by atoms with E-state index in [1.54, 1.807) is 0 Å². The molecule has 2 saturated heterocycles. The molecule has 0 bridgehead atoms. The molecular formula is C19H28N8O20P4. The lowest BCUT2D eigenvalue weighted by atomic mass is 10.1. The van der Waals surface area contributed by atoms with Gasteiger partial charge in [-0.1, -0.05) is 0 Å². The summed E-state index contributed by atoms with van der Waals surface area (Å²) < 4.78 is 82.2. The number of ether oxygens (including phenoxy) is 2. The number of anilines is 2. The van der Waals surface area contributed by atoms with Gasteiger partial charge >= 0.3 is 37.0 Å². The highest BCUT2D eigenvalue weighted by atomic mass is 31.3.